The van der Waals surface area contributed by atoms with Crippen LogP contribution in [0.2, 0.25) is 0 Å². The number of rotatable bonds is 4. The Morgan fingerprint density at radius 3 is 2.79 bits per heavy atom. The summed E-state index contributed by atoms with van der Waals surface area (Å²) in [4.78, 5) is 16.8. The summed E-state index contributed by atoms with van der Waals surface area (Å²) in [5, 5.41) is 0. The van der Waals surface area contributed by atoms with Crippen molar-refractivity contribution in [3.05, 3.63) is 63.6 Å². The van der Waals surface area contributed by atoms with E-state index in [0.29, 0.717) is 35.2 Å². The van der Waals surface area contributed by atoms with Crippen molar-refractivity contribution in [2.24, 2.45) is 5.41 Å². The molecule has 0 N–H and O–H groups in total. The molecule has 1 aliphatic rings. The number of benzene rings is 2. The molecule has 0 unspecified atom stereocenters. The van der Waals surface area contributed by atoms with E-state index in [1.807, 2.05) is 12.1 Å². The number of halogens is 2. The number of nitrogens with zero attached hydrogens (tertiary/aromatic N) is 2. The van der Waals surface area contributed by atoms with Gasteiger partial charge in [-0.15, -0.1) is 0 Å². The molecule has 4 rings (SSSR count). The monoisotopic (exact) mass is 460 g/mol. The molecule has 0 radical (unpaired) electrons. The Bertz CT molecular complexity index is 1090. The third kappa shape index (κ3) is 3.69. The number of hydrogen-bond donors (Lipinski definition) is 0. The molecule has 152 valence electrons. The van der Waals surface area contributed by atoms with E-state index < -0.39 is 5.97 Å². The number of esters is 1. The van der Waals surface area contributed by atoms with E-state index in [0.717, 1.165) is 16.9 Å². The molecular formula is C22H22BrFN2O3. The normalized spacial score (nSPS) is 18.3. The highest BCUT2D eigenvalue weighted by Crippen LogP contribution is 2.40. The number of carbonyl (C=O) groups excluding carboxylic acids is 1. The maximum Gasteiger partial charge on any atom is 0.337 e. The Balaban J connectivity index is 1.88. The second kappa shape index (κ2) is 7.54. The van der Waals surface area contributed by atoms with Gasteiger partial charge in [0.1, 0.15) is 11.6 Å². The van der Waals surface area contributed by atoms with Crippen molar-refractivity contribution < 1.29 is 18.7 Å². The molecule has 1 aliphatic heterocycles. The lowest BCUT2D eigenvalue weighted by Gasteiger charge is -2.28. The largest absolute Gasteiger partial charge is 0.465 e. The number of aromatic nitrogens is 2. The first kappa shape index (κ1) is 20.0. The fourth-order valence-corrected chi connectivity index (χ4v) is 4.21. The van der Waals surface area contributed by atoms with Crippen molar-refractivity contribution in [2.45, 2.75) is 26.3 Å². The summed E-state index contributed by atoms with van der Waals surface area (Å²) in [7, 11) is 1.36. The molecule has 1 saturated heterocycles. The maximum absolute atomic E-state index is 14.5. The molecular weight excluding hydrogens is 439 g/mol. The van der Waals surface area contributed by atoms with Crippen LogP contribution in [0.4, 0.5) is 4.39 Å². The molecule has 2 heterocycles. The Hall–Kier alpha value is -2.25. The van der Waals surface area contributed by atoms with Crippen molar-refractivity contribution in [3.8, 4) is 0 Å². The van der Waals surface area contributed by atoms with Gasteiger partial charge in [-0.1, -0.05) is 35.8 Å². The summed E-state index contributed by atoms with van der Waals surface area (Å²) in [6, 6.07) is 10.4. The number of imidazole rings is 1. The topological polar surface area (TPSA) is 53.3 Å². The molecule has 0 bridgehead atoms. The summed E-state index contributed by atoms with van der Waals surface area (Å²) in [5.41, 5.74) is 2.48. The van der Waals surface area contributed by atoms with Gasteiger partial charge in [0.25, 0.3) is 0 Å². The van der Waals surface area contributed by atoms with Gasteiger partial charge in [0.2, 0.25) is 0 Å². The highest BCUT2D eigenvalue weighted by atomic mass is 79.9. The van der Waals surface area contributed by atoms with Crippen LogP contribution in [0, 0.1) is 11.2 Å². The standard InChI is InChI=1S/C22H22BrFN2O3/c1-22(2)12-29-11-19(22)26-18-8-14(21(27)28-3)5-7-17(18)25-20(26)9-13-4-6-15(23)10-16(13)24/h4-8,10,19H,9,11-12H2,1-3H3/t19-/m1/s1. The zero-order valence-corrected chi connectivity index (χ0v) is 18.1. The van der Waals surface area contributed by atoms with E-state index in [9.17, 15) is 9.18 Å². The average molecular weight is 461 g/mol. The van der Waals surface area contributed by atoms with Crippen molar-refractivity contribution >= 4 is 32.9 Å². The number of methoxy groups -OCH3 is 1. The van der Waals surface area contributed by atoms with E-state index in [-0.39, 0.29) is 17.3 Å². The van der Waals surface area contributed by atoms with Gasteiger partial charge in [-0.05, 0) is 35.9 Å². The van der Waals surface area contributed by atoms with Gasteiger partial charge in [0.05, 0.1) is 43.0 Å². The SMILES string of the molecule is COC(=O)c1ccc2nc(Cc3ccc(Br)cc3F)n([C@@H]3COCC3(C)C)c2c1. The molecule has 0 amide bonds. The van der Waals surface area contributed by atoms with Gasteiger partial charge in [0.15, 0.2) is 0 Å². The highest BCUT2D eigenvalue weighted by molar-refractivity contribution is 9.10. The minimum Gasteiger partial charge on any atom is -0.465 e. The minimum atomic E-state index is -0.401. The molecule has 0 saturated carbocycles. The smallest absolute Gasteiger partial charge is 0.337 e. The van der Waals surface area contributed by atoms with Crippen LogP contribution in [0.5, 0.6) is 0 Å². The van der Waals surface area contributed by atoms with Crippen molar-refractivity contribution in [3.63, 3.8) is 0 Å². The first-order valence-electron chi connectivity index (χ1n) is 9.41. The first-order valence-corrected chi connectivity index (χ1v) is 10.2. The van der Waals surface area contributed by atoms with E-state index in [1.165, 1.54) is 13.2 Å². The molecule has 3 aromatic rings. The maximum atomic E-state index is 14.5. The minimum absolute atomic E-state index is 0.0221. The molecule has 0 spiro atoms. The van der Waals surface area contributed by atoms with Gasteiger partial charge in [-0.25, -0.2) is 14.2 Å². The molecule has 7 heteroatoms. The Kier molecular flexibility index (Phi) is 5.21. The second-order valence-electron chi connectivity index (χ2n) is 8.03. The molecule has 1 fully saturated rings. The van der Waals surface area contributed by atoms with E-state index >= 15 is 0 Å². The summed E-state index contributed by atoms with van der Waals surface area (Å²) in [6.45, 7) is 5.45. The Morgan fingerprint density at radius 2 is 2.14 bits per heavy atom. The summed E-state index contributed by atoms with van der Waals surface area (Å²) in [6.07, 6.45) is 0.341. The lowest BCUT2D eigenvalue weighted by molar-refractivity contribution is 0.0601. The third-order valence-corrected chi connectivity index (χ3v) is 6.00. The quantitative estimate of drug-likeness (QED) is 0.518. The van der Waals surface area contributed by atoms with Crippen LogP contribution < -0.4 is 0 Å². The van der Waals surface area contributed by atoms with Crippen LogP contribution in [-0.4, -0.2) is 35.8 Å². The molecule has 1 aromatic heterocycles. The molecule has 0 aliphatic carbocycles. The Morgan fingerprint density at radius 1 is 1.34 bits per heavy atom. The predicted octanol–water partition coefficient (Wildman–Crippen LogP) is 4.91. The number of ether oxygens (including phenoxy) is 2. The molecule has 29 heavy (non-hydrogen) atoms. The van der Waals surface area contributed by atoms with Crippen LogP contribution in [0.25, 0.3) is 11.0 Å². The van der Waals surface area contributed by atoms with Gasteiger partial charge in [-0.3, -0.25) is 0 Å². The lowest BCUT2D eigenvalue weighted by atomic mass is 9.87. The average Bonchev–Trinajstić information content (AvgIpc) is 3.20. The van der Waals surface area contributed by atoms with E-state index in [2.05, 4.69) is 34.3 Å². The van der Waals surface area contributed by atoms with E-state index in [4.69, 9.17) is 14.5 Å². The number of carbonyl (C=O) groups is 1. The lowest BCUT2D eigenvalue weighted by Crippen LogP contribution is -2.27. The predicted molar refractivity (Wildman–Crippen MR) is 112 cm³/mol. The number of hydrogen-bond acceptors (Lipinski definition) is 4. The number of fused-ring (bicyclic) bond motifs is 1. The van der Waals surface area contributed by atoms with Crippen molar-refractivity contribution in [1.29, 1.82) is 0 Å². The van der Waals surface area contributed by atoms with Gasteiger partial charge in [-0.2, -0.15) is 0 Å². The van der Waals surface area contributed by atoms with Gasteiger partial charge < -0.3 is 14.0 Å². The van der Waals surface area contributed by atoms with Crippen molar-refractivity contribution in [2.75, 3.05) is 20.3 Å². The first-order chi connectivity index (χ1) is 13.8. The molecule has 5 nitrogen and oxygen atoms in total. The fourth-order valence-electron chi connectivity index (χ4n) is 3.87. The van der Waals surface area contributed by atoms with Crippen molar-refractivity contribution in [1.82, 2.24) is 9.55 Å². The third-order valence-electron chi connectivity index (χ3n) is 5.51. The van der Waals surface area contributed by atoms with Gasteiger partial charge in [0, 0.05) is 16.3 Å². The van der Waals surface area contributed by atoms with Crippen LogP contribution in [0.3, 0.4) is 0 Å². The van der Waals surface area contributed by atoms with Crippen LogP contribution in [0.1, 0.15) is 41.6 Å². The molecule has 1 atom stereocenters. The van der Waals surface area contributed by atoms with Gasteiger partial charge >= 0.3 is 5.97 Å². The Labute approximate surface area is 177 Å². The zero-order chi connectivity index (χ0) is 20.8. The van der Waals surface area contributed by atoms with Crippen LogP contribution >= 0.6 is 15.9 Å². The zero-order valence-electron chi connectivity index (χ0n) is 16.5. The summed E-state index contributed by atoms with van der Waals surface area (Å²) in [5.74, 6) is 0.0593. The van der Waals surface area contributed by atoms with Crippen LogP contribution in [-0.2, 0) is 15.9 Å². The second-order valence-corrected chi connectivity index (χ2v) is 8.94. The highest BCUT2D eigenvalue weighted by Gasteiger charge is 2.39. The van der Waals surface area contributed by atoms with E-state index in [1.54, 1.807) is 18.2 Å². The fraction of sp³-hybridized carbons (Fsp3) is 0.364. The van der Waals surface area contributed by atoms with Crippen LogP contribution in [0.15, 0.2) is 40.9 Å². The summed E-state index contributed by atoms with van der Waals surface area (Å²) >= 11 is 3.30. The molecule has 2 aromatic carbocycles. The summed E-state index contributed by atoms with van der Waals surface area (Å²) < 4.78 is 28.0.